The highest BCUT2D eigenvalue weighted by atomic mass is 16.2. The van der Waals surface area contributed by atoms with Crippen molar-refractivity contribution < 1.29 is 4.79 Å². The molecular weight excluding hydrogens is 354 g/mol. The molecule has 0 saturated carbocycles. The average Bonchev–Trinajstić information content (AvgIpc) is 3.37. The maximum absolute atomic E-state index is 12.8. The number of aryl methyl sites for hydroxylation is 2. The summed E-state index contributed by atoms with van der Waals surface area (Å²) in [5, 5.41) is 8.01. The lowest BCUT2D eigenvalue weighted by atomic mass is 10.1. The first-order valence-corrected chi connectivity index (χ1v) is 9.78. The Balaban J connectivity index is 1.44. The summed E-state index contributed by atoms with van der Waals surface area (Å²) in [4.78, 5) is 27.5. The Kier molecular flexibility index (Phi) is 5.25. The van der Waals surface area contributed by atoms with Gasteiger partial charge in [-0.05, 0) is 45.0 Å². The van der Waals surface area contributed by atoms with Gasteiger partial charge in [-0.25, -0.2) is 0 Å². The number of likely N-dealkylation sites (tertiary alicyclic amines) is 1. The molecule has 0 spiro atoms. The monoisotopic (exact) mass is 379 g/mol. The van der Waals surface area contributed by atoms with Crippen LogP contribution in [-0.2, 0) is 13.6 Å². The first kappa shape index (κ1) is 18.4. The zero-order valence-corrected chi connectivity index (χ0v) is 16.1. The zero-order chi connectivity index (χ0) is 19.5. The zero-order valence-electron chi connectivity index (χ0n) is 16.1. The van der Waals surface area contributed by atoms with Crippen LogP contribution in [0.2, 0.25) is 0 Å². The molecule has 1 N–H and O–H groups in total. The van der Waals surface area contributed by atoms with E-state index in [-0.39, 0.29) is 11.5 Å². The minimum Gasteiger partial charge on any atom is -0.311 e. The van der Waals surface area contributed by atoms with Gasteiger partial charge in [-0.1, -0.05) is 18.2 Å². The largest absolute Gasteiger partial charge is 0.311 e. The smallest absolute Gasteiger partial charge is 0.257 e. The van der Waals surface area contributed by atoms with E-state index in [9.17, 15) is 9.59 Å². The predicted molar refractivity (Wildman–Crippen MR) is 110 cm³/mol. The van der Waals surface area contributed by atoms with Gasteiger partial charge >= 0.3 is 0 Å². The van der Waals surface area contributed by atoms with Crippen LogP contribution >= 0.6 is 0 Å². The van der Waals surface area contributed by atoms with Crippen LogP contribution in [0.15, 0.2) is 47.4 Å². The molecule has 28 heavy (non-hydrogen) atoms. The van der Waals surface area contributed by atoms with E-state index in [2.05, 4.69) is 15.3 Å². The van der Waals surface area contributed by atoms with E-state index in [4.69, 9.17) is 0 Å². The van der Waals surface area contributed by atoms with E-state index in [0.29, 0.717) is 11.4 Å². The van der Waals surface area contributed by atoms with Crippen LogP contribution in [0.25, 0.3) is 10.9 Å². The third-order valence-electron chi connectivity index (χ3n) is 5.34. The van der Waals surface area contributed by atoms with Gasteiger partial charge in [0.15, 0.2) is 5.82 Å². The Morgan fingerprint density at radius 2 is 1.93 bits per heavy atom. The molecule has 1 amide bonds. The van der Waals surface area contributed by atoms with Crippen LogP contribution in [0, 0.1) is 0 Å². The molecule has 1 aliphatic heterocycles. The van der Waals surface area contributed by atoms with Crippen molar-refractivity contribution in [3.05, 3.63) is 58.5 Å². The van der Waals surface area contributed by atoms with Gasteiger partial charge in [-0.15, -0.1) is 0 Å². The second kappa shape index (κ2) is 7.98. The Bertz CT molecular complexity index is 1050. The summed E-state index contributed by atoms with van der Waals surface area (Å²) in [6.07, 6.45) is 5.51. The van der Waals surface area contributed by atoms with Gasteiger partial charge < -0.3 is 14.8 Å². The first-order valence-electron chi connectivity index (χ1n) is 9.78. The highest BCUT2D eigenvalue weighted by Crippen LogP contribution is 2.17. The van der Waals surface area contributed by atoms with Gasteiger partial charge in [0.05, 0.1) is 11.1 Å². The van der Waals surface area contributed by atoms with Crippen molar-refractivity contribution in [2.45, 2.75) is 25.8 Å². The van der Waals surface area contributed by atoms with Gasteiger partial charge in [-0.2, -0.15) is 5.10 Å². The van der Waals surface area contributed by atoms with Crippen molar-refractivity contribution >= 4 is 22.6 Å². The Labute approximate surface area is 163 Å². The number of aromatic nitrogens is 3. The molecule has 0 atom stereocenters. The Hall–Kier alpha value is -2.93. The molecular formula is C21H25N5O2. The number of nitrogens with one attached hydrogen (secondary N) is 1. The molecule has 1 saturated heterocycles. The fraction of sp³-hybridized carbons (Fsp3) is 0.381. The van der Waals surface area contributed by atoms with Crippen LogP contribution in [0.5, 0.6) is 0 Å². The normalized spacial score (nSPS) is 14.6. The van der Waals surface area contributed by atoms with Crippen LogP contribution in [-0.4, -0.2) is 44.8 Å². The van der Waals surface area contributed by atoms with Crippen LogP contribution < -0.4 is 10.9 Å². The van der Waals surface area contributed by atoms with Gasteiger partial charge in [0.2, 0.25) is 0 Å². The molecule has 0 bridgehead atoms. The van der Waals surface area contributed by atoms with E-state index in [1.165, 1.54) is 32.0 Å². The first-order chi connectivity index (χ1) is 13.6. The number of carbonyl (C=O) groups excluding carboxylic acids is 1. The highest BCUT2D eigenvalue weighted by molar-refractivity contribution is 6.12. The predicted octanol–water partition coefficient (Wildman–Crippen LogP) is 2.47. The minimum atomic E-state index is -0.323. The number of amides is 1. The molecule has 1 aromatic carbocycles. The van der Waals surface area contributed by atoms with E-state index in [1.54, 1.807) is 17.7 Å². The van der Waals surface area contributed by atoms with E-state index >= 15 is 0 Å². The van der Waals surface area contributed by atoms with E-state index in [0.717, 1.165) is 30.4 Å². The number of hydrogen-bond acceptors (Lipinski definition) is 4. The molecule has 1 fully saturated rings. The summed E-state index contributed by atoms with van der Waals surface area (Å²) >= 11 is 0. The molecule has 3 aromatic rings. The van der Waals surface area contributed by atoms with Gasteiger partial charge in [-0.3, -0.25) is 14.3 Å². The van der Waals surface area contributed by atoms with E-state index < -0.39 is 0 Å². The average molecular weight is 379 g/mol. The molecule has 3 heterocycles. The van der Waals surface area contributed by atoms with Crippen LogP contribution in [0.3, 0.4) is 0 Å². The number of para-hydroxylation sites is 1. The maximum Gasteiger partial charge on any atom is 0.257 e. The standard InChI is InChI=1S/C21H25N5O2/c1-24-18-8-3-2-7-16(18)17(15-20(24)27)21(28)22-19-9-14-26(23-19)13-6-12-25-10-4-5-11-25/h2-3,7-9,14-15H,4-6,10-13H2,1H3,(H,22,23,28). The van der Waals surface area contributed by atoms with Gasteiger partial charge in [0.1, 0.15) is 0 Å². The lowest BCUT2D eigenvalue weighted by molar-refractivity contribution is 0.102. The number of fused-ring (bicyclic) bond motifs is 1. The third-order valence-corrected chi connectivity index (χ3v) is 5.34. The number of carbonyl (C=O) groups is 1. The van der Waals surface area contributed by atoms with Crippen molar-refractivity contribution in [1.82, 2.24) is 19.2 Å². The van der Waals surface area contributed by atoms with E-state index in [1.807, 2.05) is 35.1 Å². The van der Waals surface area contributed by atoms with Crippen molar-refractivity contribution in [3.8, 4) is 0 Å². The molecule has 146 valence electrons. The lowest BCUT2D eigenvalue weighted by Gasteiger charge is -2.13. The minimum absolute atomic E-state index is 0.212. The molecule has 4 rings (SSSR count). The number of nitrogens with zero attached hydrogens (tertiary/aromatic N) is 4. The maximum atomic E-state index is 12.8. The van der Waals surface area contributed by atoms with Crippen molar-refractivity contribution in [3.63, 3.8) is 0 Å². The second-order valence-electron chi connectivity index (χ2n) is 7.29. The third kappa shape index (κ3) is 3.84. The molecule has 2 aromatic heterocycles. The van der Waals surface area contributed by atoms with Crippen molar-refractivity contribution in [1.29, 1.82) is 0 Å². The van der Waals surface area contributed by atoms with Gasteiger partial charge in [0, 0.05) is 37.3 Å². The Morgan fingerprint density at radius 3 is 2.75 bits per heavy atom. The number of benzene rings is 1. The fourth-order valence-corrected chi connectivity index (χ4v) is 3.80. The molecule has 0 unspecified atom stereocenters. The highest BCUT2D eigenvalue weighted by Gasteiger charge is 2.15. The number of pyridine rings is 1. The molecule has 0 aliphatic carbocycles. The number of rotatable bonds is 6. The second-order valence-corrected chi connectivity index (χ2v) is 7.29. The van der Waals surface area contributed by atoms with Crippen LogP contribution in [0.1, 0.15) is 29.6 Å². The Morgan fingerprint density at radius 1 is 1.14 bits per heavy atom. The number of anilines is 1. The van der Waals surface area contributed by atoms with Crippen LogP contribution in [0.4, 0.5) is 5.82 Å². The molecule has 0 radical (unpaired) electrons. The summed E-state index contributed by atoms with van der Waals surface area (Å²) < 4.78 is 3.40. The SMILES string of the molecule is Cn1c(=O)cc(C(=O)Nc2ccn(CCCN3CCCC3)n2)c2ccccc21. The molecule has 7 heteroatoms. The van der Waals surface area contributed by atoms with Crippen molar-refractivity contribution in [2.24, 2.45) is 7.05 Å². The molecule has 1 aliphatic rings. The summed E-state index contributed by atoms with van der Waals surface area (Å²) in [5.41, 5.74) is 0.881. The summed E-state index contributed by atoms with van der Waals surface area (Å²) in [7, 11) is 1.70. The molecule has 7 nitrogen and oxygen atoms in total. The summed E-state index contributed by atoms with van der Waals surface area (Å²) in [6, 6.07) is 10.6. The van der Waals surface area contributed by atoms with Gasteiger partial charge in [0.25, 0.3) is 11.5 Å². The quantitative estimate of drug-likeness (QED) is 0.714. The summed E-state index contributed by atoms with van der Waals surface area (Å²) in [6.45, 7) is 4.30. The topological polar surface area (TPSA) is 72.2 Å². The fourth-order valence-electron chi connectivity index (χ4n) is 3.80. The lowest BCUT2D eigenvalue weighted by Crippen LogP contribution is -2.22. The number of hydrogen-bond donors (Lipinski definition) is 1. The summed E-state index contributed by atoms with van der Waals surface area (Å²) in [5.74, 6) is 0.173. The van der Waals surface area contributed by atoms with Crippen molar-refractivity contribution in [2.75, 3.05) is 25.0 Å².